The van der Waals surface area contributed by atoms with Gasteiger partial charge < -0.3 is 16.4 Å². The van der Waals surface area contributed by atoms with Gasteiger partial charge in [0, 0.05) is 30.3 Å². The Morgan fingerprint density at radius 2 is 1.81 bits per heavy atom. The lowest BCUT2D eigenvalue weighted by atomic mass is 9.97. The summed E-state index contributed by atoms with van der Waals surface area (Å²) >= 11 is 0. The van der Waals surface area contributed by atoms with Crippen LogP contribution in [0.15, 0.2) is 89.9 Å². The predicted octanol–water partition coefficient (Wildman–Crippen LogP) is 5.80. The molecule has 0 saturated carbocycles. The molecule has 0 aliphatic rings. The van der Waals surface area contributed by atoms with Crippen molar-refractivity contribution in [3.8, 4) is 16.8 Å². The smallest absolute Gasteiger partial charge is 0.263 e. The first-order valence-electron chi connectivity index (χ1n) is 11.8. The Bertz CT molecular complexity index is 1700. The fraction of sp³-hybridized carbons (Fsp3) is 0.103. The first kappa shape index (κ1) is 23.6. The van der Waals surface area contributed by atoms with E-state index in [4.69, 9.17) is 12.3 Å². The van der Waals surface area contributed by atoms with Gasteiger partial charge in [-0.15, -0.1) is 0 Å². The Morgan fingerprint density at radius 3 is 2.57 bits per heavy atom. The summed E-state index contributed by atoms with van der Waals surface area (Å²) < 4.78 is 1.72. The van der Waals surface area contributed by atoms with Gasteiger partial charge >= 0.3 is 0 Å². The van der Waals surface area contributed by atoms with Gasteiger partial charge in [-0.2, -0.15) is 0 Å². The van der Waals surface area contributed by atoms with E-state index in [9.17, 15) is 4.79 Å². The monoisotopic (exact) mass is 487 g/mol. The van der Waals surface area contributed by atoms with Gasteiger partial charge in [0.2, 0.25) is 11.6 Å². The molecule has 3 aromatic carbocycles. The third-order valence-corrected chi connectivity index (χ3v) is 6.26. The van der Waals surface area contributed by atoms with E-state index in [-0.39, 0.29) is 23.2 Å². The number of fused-ring (bicyclic) bond motifs is 1. The molecule has 182 valence electrons. The highest BCUT2D eigenvalue weighted by molar-refractivity contribution is 5.97. The predicted molar refractivity (Wildman–Crippen MR) is 149 cm³/mol. The minimum absolute atomic E-state index is 0.0644. The maximum atomic E-state index is 14.3. The summed E-state index contributed by atoms with van der Waals surface area (Å²) in [6, 6.07) is 25.0. The summed E-state index contributed by atoms with van der Waals surface area (Å²) in [5.41, 5.74) is 10.1. The van der Waals surface area contributed by atoms with Crippen LogP contribution in [0.3, 0.4) is 0 Å². The van der Waals surface area contributed by atoms with Gasteiger partial charge in [0.1, 0.15) is 5.82 Å². The number of nitrogen functional groups attached to an aromatic ring is 1. The Balaban J connectivity index is 1.74. The van der Waals surface area contributed by atoms with Gasteiger partial charge in [0.25, 0.3) is 5.56 Å². The van der Waals surface area contributed by atoms with E-state index in [2.05, 4.69) is 25.4 Å². The zero-order valence-corrected chi connectivity index (χ0v) is 20.4. The Kier molecular flexibility index (Phi) is 6.27. The van der Waals surface area contributed by atoms with Crippen LogP contribution in [0.2, 0.25) is 0 Å². The van der Waals surface area contributed by atoms with E-state index in [1.165, 1.54) is 6.20 Å². The Hall–Kier alpha value is -5.16. The van der Waals surface area contributed by atoms with E-state index in [1.54, 1.807) is 4.57 Å². The molecule has 5 rings (SSSR count). The second kappa shape index (κ2) is 9.84. The van der Waals surface area contributed by atoms with Crippen molar-refractivity contribution in [3.63, 3.8) is 0 Å². The number of pyridine rings is 1. The molecule has 0 bridgehead atoms. The van der Waals surface area contributed by atoms with Crippen molar-refractivity contribution in [2.75, 3.05) is 23.4 Å². The molecule has 37 heavy (non-hydrogen) atoms. The lowest BCUT2D eigenvalue weighted by Gasteiger charge is -2.22. The van der Waals surface area contributed by atoms with Crippen LogP contribution >= 0.6 is 0 Å². The minimum Gasteiger partial charge on any atom is -0.388 e. The largest absolute Gasteiger partial charge is 0.388 e. The van der Waals surface area contributed by atoms with E-state index in [0.717, 1.165) is 33.6 Å². The molecule has 5 aromatic rings. The average molecular weight is 488 g/mol. The van der Waals surface area contributed by atoms with Gasteiger partial charge in [-0.25, -0.2) is 14.8 Å². The van der Waals surface area contributed by atoms with Crippen LogP contribution in [0.5, 0.6) is 0 Å². The number of rotatable bonds is 6. The zero-order chi connectivity index (χ0) is 25.9. The van der Waals surface area contributed by atoms with E-state index >= 15 is 0 Å². The minimum atomic E-state index is -0.386. The number of nitrogens with two attached hydrogens (primary N) is 1. The van der Waals surface area contributed by atoms with Gasteiger partial charge in [0.15, 0.2) is 0 Å². The van der Waals surface area contributed by atoms with Crippen molar-refractivity contribution in [1.82, 2.24) is 14.5 Å². The topological polar surface area (TPSA) is 102 Å². The van der Waals surface area contributed by atoms with Crippen LogP contribution in [0.4, 0.5) is 23.1 Å². The third-order valence-electron chi connectivity index (χ3n) is 6.26. The van der Waals surface area contributed by atoms with Crippen molar-refractivity contribution in [2.24, 2.45) is 0 Å². The van der Waals surface area contributed by atoms with Crippen LogP contribution < -0.4 is 21.9 Å². The van der Waals surface area contributed by atoms with Gasteiger partial charge in [-0.3, -0.25) is 9.36 Å². The fourth-order valence-corrected chi connectivity index (χ4v) is 4.48. The molecule has 2 heterocycles. The van der Waals surface area contributed by atoms with Gasteiger partial charge in [-0.1, -0.05) is 48.5 Å². The highest BCUT2D eigenvalue weighted by Crippen LogP contribution is 2.32. The summed E-state index contributed by atoms with van der Waals surface area (Å²) in [5, 5.41) is 7.88. The molecule has 0 saturated heterocycles. The maximum absolute atomic E-state index is 14.3. The molecule has 0 spiro atoms. The van der Waals surface area contributed by atoms with Gasteiger partial charge in [0.05, 0.1) is 18.0 Å². The summed E-state index contributed by atoms with van der Waals surface area (Å²) in [4.78, 5) is 25.9. The second-order valence-electron chi connectivity index (χ2n) is 8.59. The first-order chi connectivity index (χ1) is 18.0. The van der Waals surface area contributed by atoms with Crippen LogP contribution in [-0.2, 0) is 0 Å². The Labute approximate surface area is 214 Å². The number of benzene rings is 3. The number of aromatic nitrogens is 3. The Morgan fingerprint density at radius 1 is 1.03 bits per heavy atom. The fourth-order valence-electron chi connectivity index (χ4n) is 4.48. The van der Waals surface area contributed by atoms with Crippen LogP contribution in [0.1, 0.15) is 18.7 Å². The van der Waals surface area contributed by atoms with E-state index in [1.807, 2.05) is 92.8 Å². The SMILES string of the molecule is [C-]#[N+]c1cnc(N)nc1N[C@@H](C)c1cc2cccc(-c3cccc(NC)c3)c2c(=O)n1-c1ccccc1. The van der Waals surface area contributed by atoms with Crippen molar-refractivity contribution in [2.45, 2.75) is 13.0 Å². The molecule has 0 radical (unpaired) electrons. The number of para-hydroxylation sites is 1. The summed E-state index contributed by atoms with van der Waals surface area (Å²) in [7, 11) is 1.87. The molecule has 0 fully saturated rings. The molecule has 1 atom stereocenters. The van der Waals surface area contributed by atoms with Crippen LogP contribution in [0, 0.1) is 6.57 Å². The van der Waals surface area contributed by atoms with E-state index < -0.39 is 0 Å². The lowest BCUT2D eigenvalue weighted by molar-refractivity contribution is 0.774. The van der Waals surface area contributed by atoms with Crippen molar-refractivity contribution in [1.29, 1.82) is 0 Å². The molecule has 8 nitrogen and oxygen atoms in total. The van der Waals surface area contributed by atoms with Gasteiger partial charge in [-0.05, 0) is 53.8 Å². The quantitative estimate of drug-likeness (QED) is 0.262. The first-order valence-corrected chi connectivity index (χ1v) is 11.8. The highest BCUT2D eigenvalue weighted by atomic mass is 16.1. The van der Waals surface area contributed by atoms with Crippen LogP contribution in [0.25, 0.3) is 32.4 Å². The number of hydrogen-bond acceptors (Lipinski definition) is 6. The molecule has 0 amide bonds. The molecular formula is C29H25N7O. The molecule has 0 unspecified atom stereocenters. The summed E-state index contributed by atoms with van der Waals surface area (Å²) in [6.45, 7) is 9.38. The maximum Gasteiger partial charge on any atom is 0.263 e. The highest BCUT2D eigenvalue weighted by Gasteiger charge is 2.20. The molecule has 8 heteroatoms. The van der Waals surface area contributed by atoms with Crippen molar-refractivity contribution >= 4 is 33.9 Å². The van der Waals surface area contributed by atoms with E-state index in [0.29, 0.717) is 11.2 Å². The summed E-state index contributed by atoms with van der Waals surface area (Å²) in [6.07, 6.45) is 1.39. The third kappa shape index (κ3) is 4.46. The molecule has 0 aliphatic carbocycles. The molecule has 4 N–H and O–H groups in total. The second-order valence-corrected chi connectivity index (χ2v) is 8.59. The normalized spacial score (nSPS) is 11.6. The number of nitrogens with one attached hydrogen (secondary N) is 2. The number of nitrogens with zero attached hydrogens (tertiary/aromatic N) is 4. The van der Waals surface area contributed by atoms with Crippen molar-refractivity contribution < 1.29 is 0 Å². The molecular weight excluding hydrogens is 462 g/mol. The number of hydrogen-bond donors (Lipinski definition) is 3. The molecule has 2 aromatic heterocycles. The van der Waals surface area contributed by atoms with Crippen LogP contribution in [-0.4, -0.2) is 21.6 Å². The standard InChI is InChI=1S/C29H25N7O/c1-18(34-27-24(32-3)17-33-29(30)35-27)25-16-20-10-8-14-23(19-9-7-11-21(15-19)31-2)26(20)28(37)36(25)22-12-5-4-6-13-22/h4-18,31H,1-2H3,(H3,30,33,34,35)/t18-/m0/s1. The average Bonchev–Trinajstić information content (AvgIpc) is 2.93. The lowest BCUT2D eigenvalue weighted by Crippen LogP contribution is -2.26. The van der Waals surface area contributed by atoms with Crippen molar-refractivity contribution in [3.05, 3.63) is 113 Å². The zero-order valence-electron chi connectivity index (χ0n) is 20.4. The summed E-state index contributed by atoms with van der Waals surface area (Å²) in [5.74, 6) is 0.384. The molecule has 0 aliphatic heterocycles. The number of anilines is 3.